The molecule has 0 fully saturated rings. The Morgan fingerprint density at radius 3 is 1.11 bits per heavy atom. The second kappa shape index (κ2) is 41.2. The van der Waals surface area contributed by atoms with E-state index in [0.717, 1.165) is 6.92 Å². The van der Waals surface area contributed by atoms with Crippen molar-refractivity contribution in [3.8, 4) is 0 Å². The van der Waals surface area contributed by atoms with Crippen molar-refractivity contribution in [3.63, 3.8) is 0 Å². The summed E-state index contributed by atoms with van der Waals surface area (Å²) in [4.78, 5) is 9.00. The molecule has 2 radical (unpaired) electrons. The van der Waals surface area contributed by atoms with Crippen molar-refractivity contribution in [3.05, 3.63) is 0 Å². The monoisotopic (exact) mass is 342 g/mol. The van der Waals surface area contributed by atoms with E-state index >= 15 is 0 Å². The molecule has 0 spiro atoms. The van der Waals surface area contributed by atoms with E-state index in [9.17, 15) is 0 Å². The molecule has 0 heterocycles. The van der Waals surface area contributed by atoms with Gasteiger partial charge in [0.05, 0.1) is 0 Å². The molecule has 6 nitrogen and oxygen atoms in total. The average molecular weight is 341 g/mol. The van der Waals surface area contributed by atoms with Crippen LogP contribution >= 0.6 is 0 Å². The Bertz CT molecular complexity index is 34.0. The maximum atomic E-state index is 9.00. The average Bonchev–Trinajstić information content (AvgIpc) is 0.811. The number of carbonyl (C=O) groups is 1. The molecule has 9 N–H and O–H groups in total. The van der Waals surface area contributed by atoms with Gasteiger partial charge in [0.1, 0.15) is 0 Å². The van der Waals surface area contributed by atoms with E-state index in [-0.39, 0.29) is 49.2 Å². The normalized spacial score (nSPS) is 2.78. The molecule has 9 heavy (non-hydrogen) atoms. The van der Waals surface area contributed by atoms with Crippen LogP contribution in [-0.2, 0) is 4.79 Å². The van der Waals surface area contributed by atoms with Gasteiger partial charge in [-0.25, -0.2) is 0 Å². The number of rotatable bonds is 0. The number of aliphatic carboxylic acids is 1. The molecule has 0 aromatic rings. The van der Waals surface area contributed by atoms with E-state index in [0.29, 0.717) is 0 Å². The fraction of sp³-hybridized carbons (Fsp3) is 0.500. The Morgan fingerprint density at radius 2 is 1.11 bits per heavy atom. The zero-order valence-electron chi connectivity index (χ0n) is 5.06. The molecule has 0 unspecified atom stereocenters. The van der Waals surface area contributed by atoms with E-state index in [2.05, 4.69) is 0 Å². The minimum absolute atomic E-state index is 0. The van der Waals surface area contributed by atoms with Crippen LogP contribution in [0.4, 0.5) is 0 Å². The first kappa shape index (κ1) is 59.9. The summed E-state index contributed by atoms with van der Waals surface area (Å²) in [7, 11) is 0. The summed E-state index contributed by atoms with van der Waals surface area (Å²) in [5.74, 6) is -0.833. The molecule has 0 aromatic heterocycles. The molecule has 0 aliphatic carbocycles. The fourth-order valence-electron chi connectivity index (χ4n) is 0. The molecule has 0 amide bonds. The van der Waals surface area contributed by atoms with Gasteiger partial charge in [-0.2, -0.15) is 0 Å². The van der Waals surface area contributed by atoms with Gasteiger partial charge in [-0.3, -0.25) is 4.79 Å². The van der Waals surface area contributed by atoms with E-state index in [1.165, 1.54) is 0 Å². The van der Waals surface area contributed by atoms with Gasteiger partial charge in [0.2, 0.25) is 0 Å². The molecule has 0 saturated carbocycles. The Labute approximate surface area is 72.3 Å². The molecule has 7 heteroatoms. The number of hydrogen-bond donors (Lipinski definition) is 1. The Kier molecular flexibility index (Phi) is 274. The van der Waals surface area contributed by atoms with Crippen molar-refractivity contribution in [1.29, 1.82) is 0 Å². The fourth-order valence-corrected chi connectivity index (χ4v) is 0. The quantitative estimate of drug-likeness (QED) is 0.443. The predicted octanol–water partition coefficient (Wildman–Crippen LogP) is -4.12. The Balaban J connectivity index is -0.00000000450. The number of carboxylic acids is 1. The molecule has 0 aliphatic heterocycles. The topological polar surface area (TPSA) is 163 Å². The third kappa shape index (κ3) is 5940. The van der Waals surface area contributed by atoms with Crippen LogP contribution in [0.25, 0.3) is 0 Å². The van der Waals surface area contributed by atoms with Crippen LogP contribution in [0.3, 0.4) is 0 Å². The molecule has 0 aromatic carbocycles. The molecule has 0 rings (SSSR count). The van der Waals surface area contributed by atoms with E-state index < -0.39 is 5.97 Å². The van der Waals surface area contributed by atoms with Crippen LogP contribution in [0.15, 0.2) is 0 Å². The van der Waals surface area contributed by atoms with Crippen molar-refractivity contribution < 1.29 is 31.8 Å². The molecular weight excluding hydrogens is 327 g/mol. The van der Waals surface area contributed by atoms with E-state index in [1.54, 1.807) is 0 Å². The first-order valence-corrected chi connectivity index (χ1v) is 0.928. The van der Waals surface area contributed by atoms with Gasteiger partial charge in [-0.05, 0) is 0 Å². The maximum absolute atomic E-state index is 9.00. The zero-order valence-corrected chi connectivity index (χ0v) is 10.6. The summed E-state index contributed by atoms with van der Waals surface area (Å²) < 4.78 is 0. The van der Waals surface area contributed by atoms with Crippen LogP contribution in [0.2, 0.25) is 0 Å². The summed E-state index contributed by atoms with van der Waals surface area (Å²) in [6, 6.07) is 0. The van der Waals surface area contributed by atoms with Gasteiger partial charge in [0, 0.05) is 6.92 Å². The summed E-state index contributed by atoms with van der Waals surface area (Å²) >= 11 is 0. The van der Waals surface area contributed by atoms with Gasteiger partial charge in [0.25, 0.3) is 5.97 Å². The Hall–Kier alpha value is 0.232. The molecule has 0 atom stereocenters. The van der Waals surface area contributed by atoms with Gasteiger partial charge in [-0.15, -0.1) is 0 Å². The third-order valence-electron chi connectivity index (χ3n) is 0. The predicted molar refractivity (Wildman–Crippen MR) is 36.3 cm³/mol. The van der Waals surface area contributed by atoms with Gasteiger partial charge < -0.3 is 27.0 Å². The number of hydrogen-bond acceptors (Lipinski definition) is 1. The van der Waals surface area contributed by atoms with Crippen molar-refractivity contribution in [1.82, 2.24) is 0 Å². The van der Waals surface area contributed by atoms with Gasteiger partial charge in [-0.1, -0.05) is 0 Å². The van der Waals surface area contributed by atoms with Crippen LogP contribution in [0, 0.1) is 0 Å². The molecule has 62 valence electrons. The Morgan fingerprint density at radius 1 is 1.11 bits per heavy atom. The van der Waals surface area contributed by atoms with Crippen molar-refractivity contribution in [2.45, 2.75) is 6.92 Å². The summed E-state index contributed by atoms with van der Waals surface area (Å²) in [6.45, 7) is 1.08. The molecule has 0 saturated heterocycles. The van der Waals surface area contributed by atoms with Gasteiger partial charge >= 0.3 is 27.3 Å². The van der Waals surface area contributed by atoms with Crippen LogP contribution in [0.5, 0.6) is 0 Å². The zero-order chi connectivity index (χ0) is 3.58. The minimum atomic E-state index is -0.833. The van der Waals surface area contributed by atoms with Crippen molar-refractivity contribution in [2.24, 2.45) is 0 Å². The first-order valence-electron chi connectivity index (χ1n) is 0.928. The van der Waals surface area contributed by atoms with Crippen molar-refractivity contribution >= 4 is 33.3 Å². The summed E-state index contributed by atoms with van der Waals surface area (Å²) in [5, 5.41) is 7.42. The van der Waals surface area contributed by atoms with E-state index in [1.807, 2.05) is 0 Å². The first-order chi connectivity index (χ1) is 1.73. The summed E-state index contributed by atoms with van der Waals surface area (Å²) in [6.07, 6.45) is 0. The van der Waals surface area contributed by atoms with Crippen LogP contribution in [0.1, 0.15) is 6.92 Å². The second-order valence-electron chi connectivity index (χ2n) is 0.519. The van der Waals surface area contributed by atoms with E-state index in [4.69, 9.17) is 9.90 Å². The molecule has 0 aliphatic rings. The van der Waals surface area contributed by atoms with Crippen molar-refractivity contribution in [2.75, 3.05) is 0 Å². The SMILES string of the molecule is CC(=O)O.O.O.O.O.[PbH2]. The summed E-state index contributed by atoms with van der Waals surface area (Å²) in [5.41, 5.74) is 0. The molecular formula is C2H14O6Pb. The standard InChI is InChI=1S/C2H4O2.4H2O.Pb.2H/c1-2(3)4;;;;;;;/h1H3,(H,3,4);4*1H2;;;. The van der Waals surface area contributed by atoms with Gasteiger partial charge in [0.15, 0.2) is 0 Å². The molecule has 0 bridgehead atoms. The second-order valence-corrected chi connectivity index (χ2v) is 0.519. The van der Waals surface area contributed by atoms with Crippen LogP contribution < -0.4 is 0 Å². The van der Waals surface area contributed by atoms with Crippen LogP contribution in [-0.4, -0.2) is 60.3 Å². The third-order valence-corrected chi connectivity index (χ3v) is 0. The number of carboxylic acid groups (broad SMARTS) is 1.